The zero-order valence-corrected chi connectivity index (χ0v) is 10.1. The molecular weight excluding hydrogens is 262 g/mol. The van der Waals surface area contributed by atoms with Crippen LogP contribution in [0.15, 0.2) is 53.6 Å². The molecule has 0 unspecified atom stereocenters. The number of hydrogen-bond acceptors (Lipinski definition) is 4. The molecule has 0 radical (unpaired) electrons. The maximum atomic E-state index is 11.0. The van der Waals surface area contributed by atoms with Gasteiger partial charge in [-0.15, -0.1) is 0 Å². The topological polar surface area (TPSA) is 56.3 Å². The summed E-state index contributed by atoms with van der Waals surface area (Å²) in [4.78, 5) is 4.01. The molecule has 0 amide bonds. The number of ether oxygens (including phenoxy) is 1. The Balaban J connectivity index is 2.20. The third kappa shape index (κ3) is 3.18. The van der Waals surface area contributed by atoms with E-state index in [0.717, 1.165) is 0 Å². The van der Waals surface area contributed by atoms with Crippen molar-refractivity contribution in [2.45, 2.75) is 4.90 Å². The smallest absolute Gasteiger partial charge is 0.261 e. The molecular formula is C11H8ClNO3S. The average molecular weight is 270 g/mol. The Morgan fingerprint density at radius 2 is 1.76 bits per heavy atom. The van der Waals surface area contributed by atoms with Gasteiger partial charge < -0.3 is 4.74 Å². The molecule has 0 bridgehead atoms. The highest BCUT2D eigenvalue weighted by atomic mass is 35.7. The Labute approximate surface area is 103 Å². The lowest BCUT2D eigenvalue weighted by Gasteiger charge is -2.04. The molecule has 0 saturated carbocycles. The molecule has 0 aliphatic carbocycles. The quantitative estimate of drug-likeness (QED) is 0.804. The number of benzene rings is 1. The molecule has 1 heterocycles. The molecule has 0 aliphatic rings. The first-order valence-electron chi connectivity index (χ1n) is 4.69. The van der Waals surface area contributed by atoms with Gasteiger partial charge in [-0.05, 0) is 30.3 Å². The Bertz CT molecular complexity index is 596. The molecule has 0 fully saturated rings. The average Bonchev–Trinajstić information content (AvgIpc) is 2.30. The van der Waals surface area contributed by atoms with Crippen LogP contribution in [0.25, 0.3) is 0 Å². The normalized spacial score (nSPS) is 11.1. The first kappa shape index (κ1) is 11.9. The van der Waals surface area contributed by atoms with Crippen LogP contribution in [0.1, 0.15) is 0 Å². The van der Waals surface area contributed by atoms with Crippen molar-refractivity contribution in [3.63, 3.8) is 0 Å². The van der Waals surface area contributed by atoms with Gasteiger partial charge in [-0.2, -0.15) is 0 Å². The van der Waals surface area contributed by atoms with Gasteiger partial charge in [0, 0.05) is 22.9 Å². The maximum Gasteiger partial charge on any atom is 0.261 e. The van der Waals surface area contributed by atoms with Crippen molar-refractivity contribution in [3.8, 4) is 11.6 Å². The predicted molar refractivity (Wildman–Crippen MR) is 63.8 cm³/mol. The first-order chi connectivity index (χ1) is 8.05. The highest BCUT2D eigenvalue weighted by Crippen LogP contribution is 2.22. The van der Waals surface area contributed by atoms with Crippen LogP contribution in [0.5, 0.6) is 11.6 Å². The molecule has 0 saturated heterocycles. The summed E-state index contributed by atoms with van der Waals surface area (Å²) in [5.74, 6) is 0.932. The van der Waals surface area contributed by atoms with Gasteiger partial charge in [0.2, 0.25) is 5.88 Å². The summed E-state index contributed by atoms with van der Waals surface area (Å²) in [6, 6.07) is 11.1. The molecule has 88 valence electrons. The third-order valence-corrected chi connectivity index (χ3v) is 3.34. The lowest BCUT2D eigenvalue weighted by molar-refractivity contribution is 0.462. The van der Waals surface area contributed by atoms with E-state index in [1.54, 1.807) is 24.4 Å². The van der Waals surface area contributed by atoms with Crippen molar-refractivity contribution in [2.24, 2.45) is 0 Å². The highest BCUT2D eigenvalue weighted by Gasteiger charge is 2.09. The zero-order chi connectivity index (χ0) is 12.3. The van der Waals surface area contributed by atoms with Gasteiger partial charge in [-0.25, -0.2) is 13.4 Å². The maximum absolute atomic E-state index is 11.0. The van der Waals surface area contributed by atoms with Crippen molar-refractivity contribution in [2.75, 3.05) is 0 Å². The van der Waals surface area contributed by atoms with Gasteiger partial charge in [-0.3, -0.25) is 0 Å². The summed E-state index contributed by atoms with van der Waals surface area (Å²) in [5.41, 5.74) is 0. The SMILES string of the molecule is O=S(=O)(Cl)c1ccc(Oc2ccccn2)cc1. The Morgan fingerprint density at radius 1 is 1.06 bits per heavy atom. The van der Waals surface area contributed by atoms with Crippen LogP contribution < -0.4 is 4.74 Å². The molecule has 1 aromatic heterocycles. The summed E-state index contributed by atoms with van der Waals surface area (Å²) < 4.78 is 27.4. The van der Waals surface area contributed by atoms with Crippen LogP contribution in [0.2, 0.25) is 0 Å². The molecule has 1 aromatic carbocycles. The van der Waals surface area contributed by atoms with E-state index >= 15 is 0 Å². The van der Waals surface area contributed by atoms with Crippen molar-refractivity contribution in [1.29, 1.82) is 0 Å². The van der Waals surface area contributed by atoms with E-state index in [0.29, 0.717) is 11.6 Å². The van der Waals surface area contributed by atoms with Crippen LogP contribution in [0.4, 0.5) is 0 Å². The fraction of sp³-hybridized carbons (Fsp3) is 0. The second kappa shape index (κ2) is 4.73. The molecule has 0 aliphatic heterocycles. The van der Waals surface area contributed by atoms with E-state index in [1.165, 1.54) is 24.3 Å². The number of aromatic nitrogens is 1. The summed E-state index contributed by atoms with van der Waals surface area (Å²) in [6.45, 7) is 0. The van der Waals surface area contributed by atoms with E-state index in [-0.39, 0.29) is 4.90 Å². The van der Waals surface area contributed by atoms with Gasteiger partial charge in [0.1, 0.15) is 5.75 Å². The van der Waals surface area contributed by atoms with Crippen LogP contribution in [-0.4, -0.2) is 13.4 Å². The Hall–Kier alpha value is -1.59. The molecule has 2 rings (SSSR count). The minimum Gasteiger partial charge on any atom is -0.439 e. The van der Waals surface area contributed by atoms with E-state index in [4.69, 9.17) is 15.4 Å². The molecule has 6 heteroatoms. The molecule has 4 nitrogen and oxygen atoms in total. The van der Waals surface area contributed by atoms with Gasteiger partial charge in [-0.1, -0.05) is 6.07 Å². The fourth-order valence-electron chi connectivity index (χ4n) is 1.20. The second-order valence-electron chi connectivity index (χ2n) is 3.18. The van der Waals surface area contributed by atoms with Crippen LogP contribution >= 0.6 is 10.7 Å². The Kier molecular flexibility index (Phi) is 3.31. The monoisotopic (exact) mass is 269 g/mol. The number of rotatable bonds is 3. The van der Waals surface area contributed by atoms with Crippen LogP contribution in [0, 0.1) is 0 Å². The third-order valence-electron chi connectivity index (χ3n) is 1.97. The lowest BCUT2D eigenvalue weighted by atomic mass is 10.3. The van der Waals surface area contributed by atoms with Crippen molar-refractivity contribution >= 4 is 19.7 Å². The molecule has 2 aromatic rings. The van der Waals surface area contributed by atoms with Crippen molar-refractivity contribution in [3.05, 3.63) is 48.7 Å². The van der Waals surface area contributed by atoms with Crippen LogP contribution in [-0.2, 0) is 9.05 Å². The molecule has 0 atom stereocenters. The summed E-state index contributed by atoms with van der Waals surface area (Å²) in [6.07, 6.45) is 1.60. The van der Waals surface area contributed by atoms with Gasteiger partial charge in [0.15, 0.2) is 0 Å². The number of nitrogens with zero attached hydrogens (tertiary/aromatic N) is 1. The number of hydrogen-bond donors (Lipinski definition) is 0. The standard InChI is InChI=1S/C11H8ClNO3S/c12-17(14,15)10-6-4-9(5-7-10)16-11-3-1-2-8-13-11/h1-8H. The summed E-state index contributed by atoms with van der Waals surface area (Å²) in [5, 5.41) is 0. The number of pyridine rings is 1. The second-order valence-corrected chi connectivity index (χ2v) is 5.75. The summed E-state index contributed by atoms with van der Waals surface area (Å²) in [7, 11) is 1.50. The largest absolute Gasteiger partial charge is 0.439 e. The van der Waals surface area contributed by atoms with E-state index in [1.807, 2.05) is 0 Å². The van der Waals surface area contributed by atoms with Gasteiger partial charge >= 0.3 is 0 Å². The van der Waals surface area contributed by atoms with E-state index in [9.17, 15) is 8.42 Å². The van der Waals surface area contributed by atoms with Crippen LogP contribution in [0.3, 0.4) is 0 Å². The van der Waals surface area contributed by atoms with Gasteiger partial charge in [0.05, 0.1) is 4.90 Å². The minimum absolute atomic E-state index is 0.0348. The lowest BCUT2D eigenvalue weighted by Crippen LogP contribution is -1.91. The fourth-order valence-corrected chi connectivity index (χ4v) is 1.97. The predicted octanol–water partition coefficient (Wildman–Crippen LogP) is 2.80. The molecule has 0 spiro atoms. The van der Waals surface area contributed by atoms with E-state index in [2.05, 4.69) is 4.98 Å². The first-order valence-corrected chi connectivity index (χ1v) is 7.00. The van der Waals surface area contributed by atoms with E-state index < -0.39 is 9.05 Å². The summed E-state index contributed by atoms with van der Waals surface area (Å²) >= 11 is 0. The highest BCUT2D eigenvalue weighted by molar-refractivity contribution is 8.13. The molecule has 0 N–H and O–H groups in total. The molecule has 17 heavy (non-hydrogen) atoms. The Morgan fingerprint density at radius 3 is 2.29 bits per heavy atom. The van der Waals surface area contributed by atoms with Gasteiger partial charge in [0.25, 0.3) is 9.05 Å². The number of halogens is 1. The van der Waals surface area contributed by atoms with Crippen molar-refractivity contribution < 1.29 is 13.2 Å². The zero-order valence-electron chi connectivity index (χ0n) is 8.58. The van der Waals surface area contributed by atoms with Crippen molar-refractivity contribution in [1.82, 2.24) is 4.98 Å². The minimum atomic E-state index is -3.69.